The number of allylic oxidation sites excluding steroid dienone is 4. The van der Waals surface area contributed by atoms with Gasteiger partial charge < -0.3 is 4.90 Å². The van der Waals surface area contributed by atoms with E-state index in [1.54, 1.807) is 0 Å². The summed E-state index contributed by atoms with van der Waals surface area (Å²) in [5.41, 5.74) is 5.46. The van der Waals surface area contributed by atoms with Crippen molar-refractivity contribution in [2.75, 3.05) is 14.1 Å². The van der Waals surface area contributed by atoms with Crippen molar-refractivity contribution in [3.63, 3.8) is 0 Å². The molecule has 2 heteroatoms. The average molecular weight is 306 g/mol. The molecule has 0 aliphatic carbocycles. The molecule has 0 amide bonds. The fraction of sp³-hybridized carbons (Fsp3) is 0.474. The van der Waals surface area contributed by atoms with Crippen LogP contribution in [0.25, 0.3) is 5.57 Å². The van der Waals surface area contributed by atoms with Gasteiger partial charge in [-0.15, -0.1) is 0 Å². The molecule has 0 saturated heterocycles. The van der Waals surface area contributed by atoms with Crippen LogP contribution in [-0.2, 0) is 0 Å². The first-order chi connectivity index (χ1) is 9.99. The van der Waals surface area contributed by atoms with Gasteiger partial charge in [0.25, 0.3) is 0 Å². The first kappa shape index (κ1) is 17.8. The van der Waals surface area contributed by atoms with E-state index in [4.69, 9.17) is 11.6 Å². The zero-order chi connectivity index (χ0) is 15.8. The highest BCUT2D eigenvalue weighted by molar-refractivity contribution is 6.30. The number of hydrogen-bond donors (Lipinski definition) is 0. The quantitative estimate of drug-likeness (QED) is 0.545. The van der Waals surface area contributed by atoms with E-state index >= 15 is 0 Å². The minimum absolute atomic E-state index is 0.795. The molecule has 0 atom stereocenters. The fourth-order valence-corrected chi connectivity index (χ4v) is 2.48. The average Bonchev–Trinajstić information content (AvgIpc) is 2.46. The topological polar surface area (TPSA) is 3.24 Å². The summed E-state index contributed by atoms with van der Waals surface area (Å²) >= 11 is 6.01. The van der Waals surface area contributed by atoms with Crippen molar-refractivity contribution >= 4 is 17.2 Å². The molecule has 1 aromatic rings. The SMILES string of the molecule is CCCC(/C=C(\CCC)c1ccc(Cl)cc1)=C(\C)N(C)C. The Morgan fingerprint density at radius 3 is 2.10 bits per heavy atom. The summed E-state index contributed by atoms with van der Waals surface area (Å²) in [5, 5.41) is 0.795. The third-order valence-corrected chi connectivity index (χ3v) is 3.99. The van der Waals surface area contributed by atoms with Crippen LogP contribution in [0.15, 0.2) is 41.6 Å². The highest BCUT2D eigenvalue weighted by atomic mass is 35.5. The Hall–Kier alpha value is -1.21. The van der Waals surface area contributed by atoms with Crippen LogP contribution in [0, 0.1) is 0 Å². The first-order valence-corrected chi connectivity index (χ1v) is 8.21. The Kier molecular flexibility index (Phi) is 7.60. The standard InChI is InChI=1S/C19H28ClN/c1-6-8-17(15(3)21(4)5)14-18(9-7-2)16-10-12-19(20)13-11-16/h10-14H,6-9H2,1-5H3/b17-15-,18-14+. The lowest BCUT2D eigenvalue weighted by Gasteiger charge is -2.18. The number of hydrogen-bond acceptors (Lipinski definition) is 1. The second-order valence-electron chi connectivity index (χ2n) is 5.68. The van der Waals surface area contributed by atoms with Crippen molar-refractivity contribution in [3.8, 4) is 0 Å². The maximum Gasteiger partial charge on any atom is 0.0406 e. The van der Waals surface area contributed by atoms with Crippen LogP contribution < -0.4 is 0 Å². The van der Waals surface area contributed by atoms with Crippen LogP contribution in [0.2, 0.25) is 5.02 Å². The van der Waals surface area contributed by atoms with Gasteiger partial charge in [0.15, 0.2) is 0 Å². The maximum absolute atomic E-state index is 6.01. The number of benzene rings is 1. The first-order valence-electron chi connectivity index (χ1n) is 7.83. The maximum atomic E-state index is 6.01. The summed E-state index contributed by atoms with van der Waals surface area (Å²) in [6.07, 6.45) is 6.90. The summed E-state index contributed by atoms with van der Waals surface area (Å²) in [4.78, 5) is 2.20. The minimum Gasteiger partial charge on any atom is -0.381 e. The van der Waals surface area contributed by atoms with Gasteiger partial charge >= 0.3 is 0 Å². The lowest BCUT2D eigenvalue weighted by Crippen LogP contribution is -2.10. The van der Waals surface area contributed by atoms with Gasteiger partial charge in [0, 0.05) is 24.8 Å². The Labute approximate surface area is 135 Å². The molecule has 0 aliphatic rings. The molecule has 0 aliphatic heterocycles. The molecule has 1 aromatic carbocycles. The van der Waals surface area contributed by atoms with E-state index in [1.807, 2.05) is 12.1 Å². The molecule has 1 nitrogen and oxygen atoms in total. The predicted molar refractivity (Wildman–Crippen MR) is 95.6 cm³/mol. The summed E-state index contributed by atoms with van der Waals surface area (Å²) in [7, 11) is 4.22. The van der Waals surface area contributed by atoms with Crippen LogP contribution >= 0.6 is 11.6 Å². The van der Waals surface area contributed by atoms with Gasteiger partial charge in [-0.25, -0.2) is 0 Å². The predicted octanol–water partition coefficient (Wildman–Crippen LogP) is 6.16. The highest BCUT2D eigenvalue weighted by Gasteiger charge is 2.06. The summed E-state index contributed by atoms with van der Waals surface area (Å²) in [6, 6.07) is 8.20. The molecule has 0 radical (unpaired) electrons. The van der Waals surface area contributed by atoms with E-state index in [0.717, 1.165) is 30.7 Å². The van der Waals surface area contributed by atoms with Gasteiger partial charge in [-0.3, -0.25) is 0 Å². The number of halogens is 1. The molecule has 1 rings (SSSR count). The smallest absolute Gasteiger partial charge is 0.0406 e. The second kappa shape index (κ2) is 8.94. The van der Waals surface area contributed by atoms with Gasteiger partial charge in [0.05, 0.1) is 0 Å². The van der Waals surface area contributed by atoms with E-state index < -0.39 is 0 Å². The van der Waals surface area contributed by atoms with E-state index in [2.05, 4.69) is 58.0 Å². The van der Waals surface area contributed by atoms with Crippen molar-refractivity contribution in [2.45, 2.75) is 46.5 Å². The van der Waals surface area contributed by atoms with Crippen molar-refractivity contribution in [1.29, 1.82) is 0 Å². The van der Waals surface area contributed by atoms with Gasteiger partial charge in [-0.05, 0) is 48.6 Å². The Bertz CT molecular complexity index is 495. The summed E-state index contributed by atoms with van der Waals surface area (Å²) in [6.45, 7) is 6.66. The third-order valence-electron chi connectivity index (χ3n) is 3.74. The molecular formula is C19H28ClN. The van der Waals surface area contributed by atoms with Gasteiger partial charge in [0.1, 0.15) is 0 Å². The second-order valence-corrected chi connectivity index (χ2v) is 6.12. The monoisotopic (exact) mass is 305 g/mol. The Morgan fingerprint density at radius 2 is 1.62 bits per heavy atom. The molecule has 0 bridgehead atoms. The summed E-state index contributed by atoms with van der Waals surface area (Å²) < 4.78 is 0. The molecule has 0 spiro atoms. The zero-order valence-corrected chi connectivity index (χ0v) is 14.8. The molecule has 21 heavy (non-hydrogen) atoms. The van der Waals surface area contributed by atoms with Gasteiger partial charge in [-0.2, -0.15) is 0 Å². The van der Waals surface area contributed by atoms with Crippen LogP contribution in [0.3, 0.4) is 0 Å². The van der Waals surface area contributed by atoms with E-state index in [9.17, 15) is 0 Å². The highest BCUT2D eigenvalue weighted by Crippen LogP contribution is 2.26. The fourth-order valence-electron chi connectivity index (χ4n) is 2.36. The molecule has 0 N–H and O–H groups in total. The number of rotatable bonds is 7. The van der Waals surface area contributed by atoms with Crippen LogP contribution in [0.5, 0.6) is 0 Å². The van der Waals surface area contributed by atoms with Crippen molar-refractivity contribution in [2.24, 2.45) is 0 Å². The van der Waals surface area contributed by atoms with Crippen LogP contribution in [0.4, 0.5) is 0 Å². The lowest BCUT2D eigenvalue weighted by atomic mass is 9.96. The Balaban J connectivity index is 3.23. The van der Waals surface area contributed by atoms with Gasteiger partial charge in [0.2, 0.25) is 0 Å². The third kappa shape index (κ3) is 5.59. The Morgan fingerprint density at radius 1 is 1.05 bits per heavy atom. The number of nitrogens with zero attached hydrogens (tertiary/aromatic N) is 1. The molecule has 0 saturated carbocycles. The van der Waals surface area contributed by atoms with Crippen molar-refractivity contribution in [3.05, 3.63) is 52.2 Å². The molecule has 0 fully saturated rings. The summed E-state index contributed by atoms with van der Waals surface area (Å²) in [5.74, 6) is 0. The minimum atomic E-state index is 0.795. The van der Waals surface area contributed by atoms with Crippen LogP contribution in [-0.4, -0.2) is 19.0 Å². The van der Waals surface area contributed by atoms with Crippen molar-refractivity contribution < 1.29 is 0 Å². The molecule has 0 heterocycles. The van der Waals surface area contributed by atoms with Crippen molar-refractivity contribution in [1.82, 2.24) is 4.90 Å². The molecule has 116 valence electrons. The van der Waals surface area contributed by atoms with E-state index in [0.29, 0.717) is 0 Å². The van der Waals surface area contributed by atoms with E-state index in [1.165, 1.54) is 22.4 Å². The normalized spacial score (nSPS) is 13.1. The largest absolute Gasteiger partial charge is 0.381 e. The van der Waals surface area contributed by atoms with Gasteiger partial charge in [-0.1, -0.05) is 56.5 Å². The molecular weight excluding hydrogens is 278 g/mol. The van der Waals surface area contributed by atoms with E-state index in [-0.39, 0.29) is 0 Å². The zero-order valence-electron chi connectivity index (χ0n) is 14.0. The lowest BCUT2D eigenvalue weighted by molar-refractivity contribution is 0.505. The van der Waals surface area contributed by atoms with Crippen LogP contribution in [0.1, 0.15) is 52.0 Å². The molecule has 0 unspecified atom stereocenters. The molecule has 0 aromatic heterocycles.